The van der Waals surface area contributed by atoms with Crippen molar-refractivity contribution < 1.29 is 4.39 Å². The van der Waals surface area contributed by atoms with Crippen molar-refractivity contribution >= 4 is 0 Å². The second kappa shape index (κ2) is 6.45. The van der Waals surface area contributed by atoms with Crippen LogP contribution < -0.4 is 11.3 Å². The van der Waals surface area contributed by atoms with E-state index in [1.165, 1.54) is 44.9 Å². The van der Waals surface area contributed by atoms with Crippen LogP contribution in [0.1, 0.15) is 62.1 Å². The summed E-state index contributed by atoms with van der Waals surface area (Å²) in [5, 5.41) is 0. The van der Waals surface area contributed by atoms with Gasteiger partial charge in [-0.15, -0.1) is 0 Å². The second-order valence-corrected chi connectivity index (χ2v) is 7.02. The summed E-state index contributed by atoms with van der Waals surface area (Å²) in [6.07, 6.45) is 9.48. The van der Waals surface area contributed by atoms with Gasteiger partial charge in [0.2, 0.25) is 0 Å². The van der Waals surface area contributed by atoms with Crippen molar-refractivity contribution in [2.45, 2.75) is 57.9 Å². The SMILES string of the molecule is Cc1cc(F)ccc1C(NN)C1CCC2CCCCC2C1. The van der Waals surface area contributed by atoms with E-state index in [1.54, 1.807) is 12.1 Å². The highest BCUT2D eigenvalue weighted by atomic mass is 19.1. The van der Waals surface area contributed by atoms with Crippen LogP contribution in [0.4, 0.5) is 4.39 Å². The van der Waals surface area contributed by atoms with Crippen LogP contribution in [0.3, 0.4) is 0 Å². The van der Waals surface area contributed by atoms with E-state index >= 15 is 0 Å². The highest BCUT2D eigenvalue weighted by Crippen LogP contribution is 2.46. The Morgan fingerprint density at radius 3 is 2.62 bits per heavy atom. The lowest BCUT2D eigenvalue weighted by atomic mass is 9.65. The van der Waals surface area contributed by atoms with Gasteiger partial charge in [0.1, 0.15) is 5.82 Å². The molecule has 2 fully saturated rings. The van der Waals surface area contributed by atoms with Crippen LogP contribution >= 0.6 is 0 Å². The third kappa shape index (κ3) is 3.14. The van der Waals surface area contributed by atoms with Gasteiger partial charge in [-0.05, 0) is 67.2 Å². The van der Waals surface area contributed by atoms with Crippen molar-refractivity contribution in [2.24, 2.45) is 23.6 Å². The molecule has 0 radical (unpaired) electrons. The number of nitrogens with two attached hydrogens (primary N) is 1. The summed E-state index contributed by atoms with van der Waals surface area (Å²) >= 11 is 0. The maximum absolute atomic E-state index is 13.3. The van der Waals surface area contributed by atoms with Gasteiger partial charge < -0.3 is 0 Å². The molecule has 3 rings (SSSR count). The van der Waals surface area contributed by atoms with Crippen LogP contribution in [0.15, 0.2) is 18.2 Å². The molecule has 2 nitrogen and oxygen atoms in total. The van der Waals surface area contributed by atoms with Crippen molar-refractivity contribution in [3.63, 3.8) is 0 Å². The van der Waals surface area contributed by atoms with Gasteiger partial charge in [-0.1, -0.05) is 31.7 Å². The van der Waals surface area contributed by atoms with Gasteiger partial charge in [-0.2, -0.15) is 0 Å². The third-order valence-electron chi connectivity index (χ3n) is 5.80. The van der Waals surface area contributed by atoms with Crippen LogP contribution in [0.2, 0.25) is 0 Å². The third-order valence-corrected chi connectivity index (χ3v) is 5.80. The lowest BCUT2D eigenvalue weighted by Gasteiger charge is -2.42. The van der Waals surface area contributed by atoms with Crippen molar-refractivity contribution in [3.8, 4) is 0 Å². The average molecular weight is 290 g/mol. The molecular formula is C18H27FN2. The molecule has 4 atom stereocenters. The first-order chi connectivity index (χ1) is 10.2. The smallest absolute Gasteiger partial charge is 0.123 e. The number of halogens is 1. The van der Waals surface area contributed by atoms with Crippen LogP contribution in [0.25, 0.3) is 0 Å². The summed E-state index contributed by atoms with van der Waals surface area (Å²) in [4.78, 5) is 0. The average Bonchev–Trinajstić information content (AvgIpc) is 2.50. The first kappa shape index (κ1) is 15.0. The number of nitrogens with one attached hydrogen (secondary N) is 1. The number of benzene rings is 1. The van der Waals surface area contributed by atoms with E-state index in [4.69, 9.17) is 5.84 Å². The van der Waals surface area contributed by atoms with E-state index < -0.39 is 0 Å². The van der Waals surface area contributed by atoms with E-state index in [0.717, 1.165) is 23.0 Å². The highest BCUT2D eigenvalue weighted by Gasteiger charge is 2.35. The Bertz CT molecular complexity index is 488. The van der Waals surface area contributed by atoms with Gasteiger partial charge in [0, 0.05) is 6.04 Å². The Morgan fingerprint density at radius 1 is 1.14 bits per heavy atom. The monoisotopic (exact) mass is 290 g/mol. The summed E-state index contributed by atoms with van der Waals surface area (Å²) in [5.74, 6) is 8.12. The molecule has 0 spiro atoms. The van der Waals surface area contributed by atoms with Crippen LogP contribution in [-0.2, 0) is 0 Å². The van der Waals surface area contributed by atoms with E-state index in [9.17, 15) is 4.39 Å². The topological polar surface area (TPSA) is 38.0 Å². The van der Waals surface area contributed by atoms with E-state index in [2.05, 4.69) is 5.43 Å². The highest BCUT2D eigenvalue weighted by molar-refractivity contribution is 5.30. The Labute approximate surface area is 127 Å². The van der Waals surface area contributed by atoms with Crippen molar-refractivity contribution in [3.05, 3.63) is 35.1 Å². The van der Waals surface area contributed by atoms with Crippen molar-refractivity contribution in [1.29, 1.82) is 0 Å². The maximum Gasteiger partial charge on any atom is 0.123 e. The number of rotatable bonds is 3. The standard InChI is InChI=1S/C18H27FN2/c1-12-10-16(19)8-9-17(12)18(21-20)15-7-6-13-4-2-3-5-14(13)11-15/h8-10,13-15,18,21H,2-7,11,20H2,1H3. The maximum atomic E-state index is 13.3. The first-order valence-corrected chi connectivity index (χ1v) is 8.41. The summed E-state index contributed by atoms with van der Waals surface area (Å²) in [6, 6.07) is 5.24. The van der Waals surface area contributed by atoms with E-state index in [0.29, 0.717) is 5.92 Å². The normalized spacial score (nSPS) is 30.7. The molecule has 116 valence electrons. The van der Waals surface area contributed by atoms with E-state index in [1.807, 2.05) is 13.0 Å². The van der Waals surface area contributed by atoms with Gasteiger partial charge in [0.15, 0.2) is 0 Å². The quantitative estimate of drug-likeness (QED) is 0.645. The number of hydrogen-bond acceptors (Lipinski definition) is 2. The Hall–Kier alpha value is -0.930. The lowest BCUT2D eigenvalue weighted by molar-refractivity contribution is 0.109. The van der Waals surface area contributed by atoms with Gasteiger partial charge in [-0.3, -0.25) is 11.3 Å². The molecule has 0 aliphatic heterocycles. The molecule has 21 heavy (non-hydrogen) atoms. The van der Waals surface area contributed by atoms with Gasteiger partial charge in [0.25, 0.3) is 0 Å². The number of aryl methyl sites for hydroxylation is 1. The number of hydrogen-bond donors (Lipinski definition) is 2. The van der Waals surface area contributed by atoms with E-state index in [-0.39, 0.29) is 11.9 Å². The molecule has 2 aliphatic rings. The van der Waals surface area contributed by atoms with Crippen LogP contribution in [0.5, 0.6) is 0 Å². The summed E-state index contributed by atoms with van der Waals surface area (Å²) in [5.41, 5.74) is 5.19. The van der Waals surface area contributed by atoms with Gasteiger partial charge >= 0.3 is 0 Å². The molecule has 1 aromatic rings. The molecule has 3 heteroatoms. The zero-order valence-electron chi connectivity index (χ0n) is 12.9. The molecule has 4 unspecified atom stereocenters. The van der Waals surface area contributed by atoms with Crippen LogP contribution in [-0.4, -0.2) is 0 Å². The fraction of sp³-hybridized carbons (Fsp3) is 0.667. The predicted octanol–water partition coefficient (Wildman–Crippen LogP) is 4.25. The minimum atomic E-state index is -0.164. The molecule has 0 bridgehead atoms. The first-order valence-electron chi connectivity index (χ1n) is 8.41. The minimum absolute atomic E-state index is 0.161. The Morgan fingerprint density at radius 2 is 1.90 bits per heavy atom. The Kier molecular flexibility index (Phi) is 4.60. The molecule has 3 N–H and O–H groups in total. The molecule has 0 saturated heterocycles. The fourth-order valence-electron chi connectivity index (χ4n) is 4.68. The molecule has 0 aromatic heterocycles. The molecule has 0 amide bonds. The lowest BCUT2D eigenvalue weighted by Crippen LogP contribution is -2.38. The predicted molar refractivity (Wildman–Crippen MR) is 84.0 cm³/mol. The summed E-state index contributed by atoms with van der Waals surface area (Å²) < 4.78 is 13.3. The Balaban J connectivity index is 1.77. The summed E-state index contributed by atoms with van der Waals surface area (Å²) in [7, 11) is 0. The zero-order valence-corrected chi connectivity index (χ0v) is 12.9. The fourth-order valence-corrected chi connectivity index (χ4v) is 4.68. The minimum Gasteiger partial charge on any atom is -0.271 e. The second-order valence-electron chi connectivity index (χ2n) is 7.02. The molecule has 2 saturated carbocycles. The zero-order chi connectivity index (χ0) is 14.8. The molecule has 1 aromatic carbocycles. The largest absolute Gasteiger partial charge is 0.271 e. The summed E-state index contributed by atoms with van der Waals surface area (Å²) in [6.45, 7) is 1.98. The number of hydrazine groups is 1. The van der Waals surface area contributed by atoms with Crippen molar-refractivity contribution in [2.75, 3.05) is 0 Å². The van der Waals surface area contributed by atoms with Crippen LogP contribution in [0, 0.1) is 30.5 Å². The van der Waals surface area contributed by atoms with Crippen molar-refractivity contribution in [1.82, 2.24) is 5.43 Å². The van der Waals surface area contributed by atoms with Gasteiger partial charge in [-0.25, -0.2) is 4.39 Å². The molecule has 2 aliphatic carbocycles. The molecule has 0 heterocycles. The molecular weight excluding hydrogens is 263 g/mol. The number of fused-ring (bicyclic) bond motifs is 1. The van der Waals surface area contributed by atoms with Gasteiger partial charge in [0.05, 0.1) is 0 Å².